The van der Waals surface area contributed by atoms with Crippen LogP contribution in [-0.4, -0.2) is 17.0 Å². The van der Waals surface area contributed by atoms with E-state index in [4.69, 9.17) is 5.73 Å². The third-order valence-corrected chi connectivity index (χ3v) is 5.67. The third-order valence-electron chi connectivity index (χ3n) is 3.87. The summed E-state index contributed by atoms with van der Waals surface area (Å²) in [5, 5.41) is 4.42. The van der Waals surface area contributed by atoms with Crippen LogP contribution >= 0.6 is 22.7 Å². The van der Waals surface area contributed by atoms with Crippen LogP contribution in [0, 0.1) is 6.92 Å². The van der Waals surface area contributed by atoms with E-state index in [-0.39, 0.29) is 6.04 Å². The fraction of sp³-hybridized carbons (Fsp3) is 0.500. The number of aryl methyl sites for hydroxylation is 1. The Kier molecular flexibility index (Phi) is 4.26. The molecule has 0 bridgehead atoms. The summed E-state index contributed by atoms with van der Waals surface area (Å²) in [5.74, 6) is 0. The molecule has 1 aliphatic rings. The van der Waals surface area contributed by atoms with Gasteiger partial charge in [-0.2, -0.15) is 11.3 Å². The lowest BCUT2D eigenvalue weighted by Gasteiger charge is -2.33. The smallest absolute Gasteiger partial charge is 0.0596 e. The van der Waals surface area contributed by atoms with Crippen molar-refractivity contribution in [2.24, 2.45) is 5.73 Å². The third kappa shape index (κ3) is 3.14. The molecule has 2 heterocycles. The summed E-state index contributed by atoms with van der Waals surface area (Å²) >= 11 is 3.67. The summed E-state index contributed by atoms with van der Waals surface area (Å²) in [5.41, 5.74) is 7.76. The van der Waals surface area contributed by atoms with Crippen molar-refractivity contribution in [3.8, 4) is 0 Å². The predicted octanol–water partition coefficient (Wildman–Crippen LogP) is 4.17. The standard InChI is InChI=1S/C16H22N2S2/c1-11-3-6-15(20-11)16(12(2)17)18(14-4-5-14)9-13-7-8-19-10-13/h3,6-8,10,12,14,16H,4-5,9,17H2,1-2H3. The average molecular weight is 307 g/mol. The van der Waals surface area contributed by atoms with Crippen molar-refractivity contribution in [1.29, 1.82) is 0 Å². The number of nitrogens with two attached hydrogens (primary N) is 1. The molecular weight excluding hydrogens is 284 g/mol. The monoisotopic (exact) mass is 306 g/mol. The van der Waals surface area contributed by atoms with E-state index in [9.17, 15) is 0 Å². The molecule has 0 amide bonds. The normalized spacial score (nSPS) is 18.4. The van der Waals surface area contributed by atoms with Gasteiger partial charge in [0, 0.05) is 28.4 Å². The van der Waals surface area contributed by atoms with Gasteiger partial charge in [0.2, 0.25) is 0 Å². The maximum Gasteiger partial charge on any atom is 0.0596 e. The van der Waals surface area contributed by atoms with Crippen LogP contribution in [0.15, 0.2) is 29.0 Å². The van der Waals surface area contributed by atoms with Gasteiger partial charge in [0.25, 0.3) is 0 Å². The zero-order chi connectivity index (χ0) is 14.1. The maximum absolute atomic E-state index is 6.34. The van der Waals surface area contributed by atoms with E-state index in [0.717, 1.165) is 6.54 Å². The first kappa shape index (κ1) is 14.3. The molecule has 1 aliphatic carbocycles. The van der Waals surface area contributed by atoms with Crippen LogP contribution in [0.2, 0.25) is 0 Å². The summed E-state index contributed by atoms with van der Waals surface area (Å²) in [6, 6.07) is 7.93. The van der Waals surface area contributed by atoms with Crippen LogP contribution in [-0.2, 0) is 6.54 Å². The zero-order valence-electron chi connectivity index (χ0n) is 12.1. The molecule has 2 nitrogen and oxygen atoms in total. The van der Waals surface area contributed by atoms with Gasteiger partial charge in [-0.05, 0) is 61.2 Å². The molecule has 3 rings (SSSR count). The van der Waals surface area contributed by atoms with E-state index >= 15 is 0 Å². The Morgan fingerprint density at radius 1 is 1.35 bits per heavy atom. The SMILES string of the molecule is Cc1ccc(C(C(C)N)N(Cc2ccsc2)C2CC2)s1. The molecule has 4 heteroatoms. The Labute approximate surface area is 129 Å². The minimum Gasteiger partial charge on any atom is -0.326 e. The topological polar surface area (TPSA) is 29.3 Å². The Morgan fingerprint density at radius 2 is 2.15 bits per heavy atom. The van der Waals surface area contributed by atoms with Crippen LogP contribution in [0.5, 0.6) is 0 Å². The van der Waals surface area contributed by atoms with Crippen molar-refractivity contribution in [2.45, 2.75) is 51.4 Å². The second-order valence-electron chi connectivity index (χ2n) is 5.79. The molecule has 2 unspecified atom stereocenters. The first-order chi connectivity index (χ1) is 9.65. The van der Waals surface area contributed by atoms with Crippen molar-refractivity contribution in [1.82, 2.24) is 4.90 Å². The molecule has 0 radical (unpaired) electrons. The highest BCUT2D eigenvalue weighted by Gasteiger charge is 2.36. The van der Waals surface area contributed by atoms with Gasteiger partial charge in [0.15, 0.2) is 0 Å². The van der Waals surface area contributed by atoms with E-state index in [1.165, 1.54) is 28.2 Å². The average Bonchev–Trinajstić information content (AvgIpc) is 2.96. The predicted molar refractivity (Wildman–Crippen MR) is 88.3 cm³/mol. The minimum atomic E-state index is 0.160. The lowest BCUT2D eigenvalue weighted by molar-refractivity contribution is 0.160. The summed E-state index contributed by atoms with van der Waals surface area (Å²) in [6.45, 7) is 5.34. The molecule has 2 aromatic heterocycles. The van der Waals surface area contributed by atoms with Crippen LogP contribution in [0.4, 0.5) is 0 Å². The van der Waals surface area contributed by atoms with Crippen molar-refractivity contribution in [3.05, 3.63) is 44.3 Å². The van der Waals surface area contributed by atoms with Gasteiger partial charge in [-0.15, -0.1) is 11.3 Å². The Morgan fingerprint density at radius 3 is 2.65 bits per heavy atom. The van der Waals surface area contributed by atoms with E-state index < -0.39 is 0 Å². The van der Waals surface area contributed by atoms with Crippen molar-refractivity contribution >= 4 is 22.7 Å². The van der Waals surface area contributed by atoms with Crippen molar-refractivity contribution in [3.63, 3.8) is 0 Å². The molecule has 0 aromatic carbocycles. The van der Waals surface area contributed by atoms with Gasteiger partial charge in [-0.3, -0.25) is 4.90 Å². The van der Waals surface area contributed by atoms with E-state index in [1.54, 1.807) is 11.3 Å². The molecule has 0 aliphatic heterocycles. The highest BCUT2D eigenvalue weighted by molar-refractivity contribution is 7.12. The number of nitrogens with zero attached hydrogens (tertiary/aromatic N) is 1. The van der Waals surface area contributed by atoms with Crippen molar-refractivity contribution < 1.29 is 0 Å². The molecule has 20 heavy (non-hydrogen) atoms. The van der Waals surface area contributed by atoms with E-state index in [2.05, 4.69) is 47.7 Å². The van der Waals surface area contributed by atoms with Crippen LogP contribution in [0.1, 0.15) is 41.1 Å². The van der Waals surface area contributed by atoms with Crippen LogP contribution < -0.4 is 5.73 Å². The van der Waals surface area contributed by atoms with Crippen molar-refractivity contribution in [2.75, 3.05) is 0 Å². The van der Waals surface area contributed by atoms with Gasteiger partial charge in [0.1, 0.15) is 0 Å². The molecule has 1 fully saturated rings. The molecule has 2 aromatic rings. The van der Waals surface area contributed by atoms with Crippen LogP contribution in [0.25, 0.3) is 0 Å². The fourth-order valence-electron chi connectivity index (χ4n) is 2.79. The number of hydrogen-bond acceptors (Lipinski definition) is 4. The maximum atomic E-state index is 6.34. The summed E-state index contributed by atoms with van der Waals surface area (Å²) in [6.07, 6.45) is 2.63. The lowest BCUT2D eigenvalue weighted by atomic mass is 10.1. The summed E-state index contributed by atoms with van der Waals surface area (Å²) in [4.78, 5) is 5.41. The Balaban J connectivity index is 1.86. The highest BCUT2D eigenvalue weighted by atomic mass is 32.1. The number of rotatable bonds is 6. The van der Waals surface area contributed by atoms with E-state index in [0.29, 0.717) is 12.1 Å². The largest absolute Gasteiger partial charge is 0.326 e. The van der Waals surface area contributed by atoms with Gasteiger partial charge < -0.3 is 5.73 Å². The van der Waals surface area contributed by atoms with Gasteiger partial charge in [-0.25, -0.2) is 0 Å². The second-order valence-corrected chi connectivity index (χ2v) is 7.89. The lowest BCUT2D eigenvalue weighted by Crippen LogP contribution is -2.40. The molecular formula is C16H22N2S2. The fourth-order valence-corrected chi connectivity index (χ4v) is 4.57. The van der Waals surface area contributed by atoms with Crippen LogP contribution in [0.3, 0.4) is 0 Å². The van der Waals surface area contributed by atoms with Gasteiger partial charge >= 0.3 is 0 Å². The van der Waals surface area contributed by atoms with Gasteiger partial charge in [0.05, 0.1) is 6.04 Å². The van der Waals surface area contributed by atoms with E-state index in [1.807, 2.05) is 11.3 Å². The molecule has 2 N–H and O–H groups in total. The minimum absolute atomic E-state index is 0.160. The van der Waals surface area contributed by atoms with Gasteiger partial charge in [-0.1, -0.05) is 0 Å². The zero-order valence-corrected chi connectivity index (χ0v) is 13.7. The molecule has 108 valence electrons. The quantitative estimate of drug-likeness (QED) is 0.868. The second kappa shape index (κ2) is 5.98. The first-order valence-electron chi connectivity index (χ1n) is 7.24. The first-order valence-corrected chi connectivity index (χ1v) is 9.00. The summed E-state index contributed by atoms with van der Waals surface area (Å²) < 4.78 is 0. The molecule has 0 spiro atoms. The summed E-state index contributed by atoms with van der Waals surface area (Å²) in [7, 11) is 0. The Hall–Kier alpha value is -0.680. The Bertz CT molecular complexity index is 541. The highest BCUT2D eigenvalue weighted by Crippen LogP contribution is 2.39. The molecule has 1 saturated carbocycles. The molecule has 0 saturated heterocycles. The molecule has 2 atom stereocenters. The number of hydrogen-bond donors (Lipinski definition) is 1. The number of thiophene rings is 2.